The summed E-state index contributed by atoms with van der Waals surface area (Å²) in [6.45, 7) is 2.01. The van der Waals surface area contributed by atoms with E-state index >= 15 is 0 Å². The molecule has 0 aliphatic carbocycles. The summed E-state index contributed by atoms with van der Waals surface area (Å²) in [4.78, 5) is 0. The van der Waals surface area contributed by atoms with Crippen LogP contribution in [0.15, 0.2) is 0 Å². The van der Waals surface area contributed by atoms with E-state index in [0.717, 1.165) is 19.3 Å². The van der Waals surface area contributed by atoms with Gasteiger partial charge < -0.3 is 5.73 Å². The van der Waals surface area contributed by atoms with Crippen molar-refractivity contribution >= 4 is 27.5 Å². The first kappa shape index (κ1) is 14.9. The van der Waals surface area contributed by atoms with Crippen LogP contribution in [0.3, 0.4) is 0 Å². The molecular formula is C6H18AlNO3S. The quantitative estimate of drug-likeness (QED) is 0.367. The molecule has 0 amide bonds. The first-order chi connectivity index (χ1) is 4.98. The Hall–Kier alpha value is 0.402. The fourth-order valence-electron chi connectivity index (χ4n) is 0.744. The summed E-state index contributed by atoms with van der Waals surface area (Å²) in [5.41, 5.74) is 5.15. The summed E-state index contributed by atoms with van der Waals surface area (Å²) < 4.78 is 29.1. The minimum absolute atomic E-state index is 0. The summed E-state index contributed by atoms with van der Waals surface area (Å²) >= 11 is 0. The first-order valence-corrected chi connectivity index (χ1v) is 5.20. The Kier molecular flexibility index (Phi) is 8.53. The molecule has 12 heavy (non-hydrogen) atoms. The maximum Gasteiger partial charge on any atom is 0.280 e. The van der Waals surface area contributed by atoms with Gasteiger partial charge in [0, 0.05) is 0 Å². The lowest BCUT2D eigenvalue weighted by atomic mass is 10.2. The summed E-state index contributed by atoms with van der Waals surface area (Å²) in [6, 6.07) is 0. The molecule has 0 radical (unpaired) electrons. The minimum Gasteiger partial charge on any atom is -0.313 e. The monoisotopic (exact) mass is 211 g/mol. The maximum atomic E-state index is 10.4. The molecule has 0 bridgehead atoms. The van der Waals surface area contributed by atoms with Crippen LogP contribution in [-0.4, -0.2) is 35.7 Å². The van der Waals surface area contributed by atoms with Gasteiger partial charge in [-0.1, -0.05) is 26.2 Å². The molecule has 0 saturated heterocycles. The Morgan fingerprint density at radius 3 is 2.25 bits per heavy atom. The molecule has 74 valence electrons. The summed E-state index contributed by atoms with van der Waals surface area (Å²) in [5.74, 6) is 0. The van der Waals surface area contributed by atoms with Gasteiger partial charge in [-0.15, -0.1) is 0 Å². The second-order valence-corrected chi connectivity index (χ2v) is 4.18. The topological polar surface area (TPSA) is 80.4 Å². The van der Waals surface area contributed by atoms with E-state index in [1.54, 1.807) is 0 Å². The number of hydrogen-bond acceptors (Lipinski definition) is 3. The number of rotatable bonds is 5. The molecule has 0 aromatic rings. The molecule has 0 rings (SSSR count). The summed E-state index contributed by atoms with van der Waals surface area (Å²) in [5, 5.41) is -1.10. The van der Waals surface area contributed by atoms with Crippen LogP contribution in [0, 0.1) is 0 Å². The fraction of sp³-hybridized carbons (Fsp3) is 1.00. The number of nitrogens with two attached hydrogens (primary N) is 1. The van der Waals surface area contributed by atoms with Crippen LogP contribution in [0.5, 0.6) is 0 Å². The largest absolute Gasteiger partial charge is 0.313 e. The van der Waals surface area contributed by atoms with E-state index < -0.39 is 15.5 Å². The zero-order valence-electron chi connectivity index (χ0n) is 6.66. The highest BCUT2D eigenvalue weighted by Gasteiger charge is 2.16. The zero-order valence-corrected chi connectivity index (χ0v) is 7.47. The van der Waals surface area contributed by atoms with Crippen LogP contribution < -0.4 is 5.73 Å². The van der Waals surface area contributed by atoms with Gasteiger partial charge in [0.25, 0.3) is 10.1 Å². The van der Waals surface area contributed by atoms with Crippen molar-refractivity contribution in [2.45, 2.75) is 38.0 Å². The van der Waals surface area contributed by atoms with Crippen molar-refractivity contribution in [3.63, 3.8) is 0 Å². The molecule has 6 heteroatoms. The molecule has 3 N–H and O–H groups in total. The summed E-state index contributed by atoms with van der Waals surface area (Å²) in [6.07, 6.45) is 3.05. The second-order valence-electron chi connectivity index (χ2n) is 2.55. The van der Waals surface area contributed by atoms with Crippen molar-refractivity contribution in [2.24, 2.45) is 5.73 Å². The van der Waals surface area contributed by atoms with Gasteiger partial charge >= 0.3 is 0 Å². The van der Waals surface area contributed by atoms with Crippen LogP contribution in [0.25, 0.3) is 0 Å². The van der Waals surface area contributed by atoms with E-state index in [2.05, 4.69) is 0 Å². The minimum atomic E-state index is -4.01. The predicted molar refractivity (Wildman–Crippen MR) is 53.6 cm³/mol. The molecule has 0 aromatic heterocycles. The van der Waals surface area contributed by atoms with Gasteiger partial charge in [0.05, 0.1) is 0 Å². The van der Waals surface area contributed by atoms with Gasteiger partial charge in [0.15, 0.2) is 17.4 Å². The molecule has 0 heterocycles. The standard InChI is InChI=1S/C6H15NO3S.Al.3H/c1-2-3-4-5-6(7)11(8,9)10;;;;/h6H,2-5,7H2,1H3,(H,8,9,10);;;;. The van der Waals surface area contributed by atoms with E-state index in [9.17, 15) is 8.42 Å². The Morgan fingerprint density at radius 2 is 1.92 bits per heavy atom. The van der Waals surface area contributed by atoms with E-state index in [-0.39, 0.29) is 17.4 Å². The second kappa shape index (κ2) is 6.87. The van der Waals surface area contributed by atoms with E-state index in [1.165, 1.54) is 0 Å². The van der Waals surface area contributed by atoms with Crippen LogP contribution in [0.4, 0.5) is 0 Å². The normalized spacial score (nSPS) is 13.6. The van der Waals surface area contributed by atoms with Gasteiger partial charge in [-0.2, -0.15) is 8.42 Å². The lowest BCUT2D eigenvalue weighted by molar-refractivity contribution is 0.459. The lowest BCUT2D eigenvalue weighted by Crippen LogP contribution is -2.29. The average Bonchev–Trinajstić information content (AvgIpc) is 1.86. The smallest absolute Gasteiger partial charge is 0.280 e. The van der Waals surface area contributed by atoms with Crippen LogP contribution >= 0.6 is 0 Å². The van der Waals surface area contributed by atoms with Gasteiger partial charge in [0.1, 0.15) is 5.37 Å². The molecular weight excluding hydrogens is 193 g/mol. The molecule has 0 aliphatic rings. The molecule has 4 nitrogen and oxygen atoms in total. The van der Waals surface area contributed by atoms with Gasteiger partial charge in [-0.05, 0) is 6.42 Å². The SMILES string of the molecule is CCCCCC(N)S(=O)(=O)O.[AlH3]. The highest BCUT2D eigenvalue weighted by molar-refractivity contribution is 7.86. The van der Waals surface area contributed by atoms with Crippen LogP contribution in [0.1, 0.15) is 32.6 Å². The van der Waals surface area contributed by atoms with Gasteiger partial charge in [-0.25, -0.2) is 0 Å². The van der Waals surface area contributed by atoms with Gasteiger partial charge in [0.2, 0.25) is 0 Å². The third-order valence-corrected chi connectivity index (χ3v) is 2.48. The maximum absolute atomic E-state index is 10.4. The highest BCUT2D eigenvalue weighted by Crippen LogP contribution is 2.04. The first-order valence-electron chi connectivity index (χ1n) is 3.70. The Labute approximate surface area is 84.4 Å². The van der Waals surface area contributed by atoms with E-state index in [1.807, 2.05) is 6.92 Å². The van der Waals surface area contributed by atoms with Crippen molar-refractivity contribution in [1.29, 1.82) is 0 Å². The predicted octanol–water partition coefficient (Wildman–Crippen LogP) is -0.445. The Morgan fingerprint density at radius 1 is 1.42 bits per heavy atom. The van der Waals surface area contributed by atoms with Crippen LogP contribution in [-0.2, 0) is 10.1 Å². The fourth-order valence-corrected chi connectivity index (χ4v) is 1.21. The molecule has 1 unspecified atom stereocenters. The van der Waals surface area contributed by atoms with Crippen molar-refractivity contribution in [3.05, 3.63) is 0 Å². The van der Waals surface area contributed by atoms with Crippen LogP contribution in [0.2, 0.25) is 0 Å². The van der Waals surface area contributed by atoms with Crippen molar-refractivity contribution in [2.75, 3.05) is 0 Å². The van der Waals surface area contributed by atoms with Crippen molar-refractivity contribution < 1.29 is 13.0 Å². The highest BCUT2D eigenvalue weighted by atomic mass is 32.2. The molecule has 0 saturated carbocycles. The van der Waals surface area contributed by atoms with E-state index in [4.69, 9.17) is 10.3 Å². The van der Waals surface area contributed by atoms with Gasteiger partial charge in [-0.3, -0.25) is 4.55 Å². The molecule has 0 spiro atoms. The van der Waals surface area contributed by atoms with Crippen molar-refractivity contribution in [3.8, 4) is 0 Å². The third-order valence-electron chi connectivity index (χ3n) is 1.47. The molecule has 0 aromatic carbocycles. The van der Waals surface area contributed by atoms with E-state index in [0.29, 0.717) is 6.42 Å². The Bertz CT molecular complexity index is 193. The Balaban J connectivity index is 0. The number of unbranched alkanes of at least 4 members (excludes halogenated alkanes) is 2. The molecule has 1 atom stereocenters. The molecule has 0 fully saturated rings. The third kappa shape index (κ3) is 7.07. The zero-order chi connectivity index (χ0) is 8.91. The lowest BCUT2D eigenvalue weighted by Gasteiger charge is -2.06. The average molecular weight is 211 g/mol. The molecule has 0 aliphatic heterocycles. The number of hydrogen-bond donors (Lipinski definition) is 2. The summed E-state index contributed by atoms with van der Waals surface area (Å²) in [7, 11) is -4.01. The van der Waals surface area contributed by atoms with Crippen molar-refractivity contribution in [1.82, 2.24) is 0 Å².